The highest BCUT2D eigenvalue weighted by Gasteiger charge is 2.17. The van der Waals surface area contributed by atoms with Crippen LogP contribution < -0.4 is 0 Å². The van der Waals surface area contributed by atoms with Crippen molar-refractivity contribution in [1.29, 1.82) is 0 Å². The molecule has 0 aliphatic heterocycles. The predicted molar refractivity (Wildman–Crippen MR) is 95.2 cm³/mol. The van der Waals surface area contributed by atoms with E-state index in [-0.39, 0.29) is 0 Å². The summed E-state index contributed by atoms with van der Waals surface area (Å²) in [7, 11) is 0. The molecular formula is C21H35. The zero-order valence-corrected chi connectivity index (χ0v) is 15.1. The van der Waals surface area contributed by atoms with Crippen LogP contribution in [0.1, 0.15) is 115 Å². The molecule has 1 rings (SSSR count). The molecule has 119 valence electrons. The fraction of sp³-hybridized carbons (Fsp3) is 0.714. The molecule has 0 aliphatic carbocycles. The van der Waals surface area contributed by atoms with E-state index >= 15 is 0 Å². The third-order valence-electron chi connectivity index (χ3n) is 5.24. The van der Waals surface area contributed by atoms with E-state index in [2.05, 4.69) is 59.7 Å². The lowest BCUT2D eigenvalue weighted by atomic mass is 9.82. The highest BCUT2D eigenvalue weighted by atomic mass is 14.2. The highest BCUT2D eigenvalue weighted by molar-refractivity contribution is 5.35. The molecule has 0 bridgehead atoms. The molecular weight excluding hydrogens is 252 g/mol. The Morgan fingerprint density at radius 3 is 1.24 bits per heavy atom. The van der Waals surface area contributed by atoms with Gasteiger partial charge < -0.3 is 0 Å². The maximum atomic E-state index is 3.79. The predicted octanol–water partition coefficient (Wildman–Crippen LogP) is 7.20. The topological polar surface area (TPSA) is 0 Å². The maximum Gasteiger partial charge on any atom is -0.0108 e. The van der Waals surface area contributed by atoms with E-state index < -0.39 is 0 Å². The molecule has 21 heavy (non-hydrogen) atoms. The minimum Gasteiger partial charge on any atom is -0.0648 e. The first-order chi connectivity index (χ1) is 10.1. The number of hydrogen-bond acceptors (Lipinski definition) is 0. The number of benzene rings is 1. The second kappa shape index (κ2) is 9.28. The van der Waals surface area contributed by atoms with Gasteiger partial charge in [0.1, 0.15) is 0 Å². The monoisotopic (exact) mass is 287 g/mol. The number of rotatable bonds is 9. The first-order valence-corrected chi connectivity index (χ1v) is 9.21. The summed E-state index contributed by atoms with van der Waals surface area (Å²) >= 11 is 0. The molecule has 0 unspecified atom stereocenters. The van der Waals surface area contributed by atoms with Crippen LogP contribution in [0.5, 0.6) is 0 Å². The van der Waals surface area contributed by atoms with Crippen molar-refractivity contribution in [1.82, 2.24) is 0 Å². The summed E-state index contributed by atoms with van der Waals surface area (Å²) in [6.45, 7) is 13.9. The van der Waals surface area contributed by atoms with Gasteiger partial charge in [-0.05, 0) is 79.0 Å². The quantitative estimate of drug-likeness (QED) is 0.450. The molecule has 1 aromatic carbocycles. The van der Waals surface area contributed by atoms with Gasteiger partial charge in [0.05, 0.1) is 0 Å². The van der Waals surface area contributed by atoms with E-state index in [0.29, 0.717) is 17.8 Å². The van der Waals surface area contributed by atoms with Gasteiger partial charge in [-0.2, -0.15) is 0 Å². The Hall–Kier alpha value is -0.780. The minimum atomic E-state index is 0.674. The molecule has 1 aromatic rings. The van der Waals surface area contributed by atoms with Crippen LogP contribution in [-0.4, -0.2) is 0 Å². The van der Waals surface area contributed by atoms with Gasteiger partial charge >= 0.3 is 0 Å². The normalized spacial score (nSPS) is 11.9. The van der Waals surface area contributed by atoms with Crippen LogP contribution in [0.2, 0.25) is 0 Å². The molecule has 0 nitrogen and oxygen atoms in total. The van der Waals surface area contributed by atoms with E-state index in [0.717, 1.165) is 0 Å². The summed E-state index contributed by atoms with van der Waals surface area (Å²) in [6, 6.07) is 8.71. The Labute approximate surface area is 133 Å². The van der Waals surface area contributed by atoms with Gasteiger partial charge in [0, 0.05) is 0 Å². The third-order valence-corrected chi connectivity index (χ3v) is 5.24. The summed E-state index contributed by atoms with van der Waals surface area (Å²) in [5.74, 6) is 2.06. The first kappa shape index (κ1) is 18.3. The van der Waals surface area contributed by atoms with E-state index in [1.54, 1.807) is 5.56 Å². The van der Waals surface area contributed by atoms with Crippen molar-refractivity contribution in [2.45, 2.75) is 97.8 Å². The van der Waals surface area contributed by atoms with Crippen LogP contribution in [0.25, 0.3) is 0 Å². The van der Waals surface area contributed by atoms with Gasteiger partial charge in [0.15, 0.2) is 0 Å². The number of hydrogen-bond donors (Lipinski definition) is 0. The van der Waals surface area contributed by atoms with E-state index in [1.165, 1.54) is 49.7 Å². The molecule has 0 N–H and O–H groups in total. The minimum absolute atomic E-state index is 0.674. The van der Waals surface area contributed by atoms with Gasteiger partial charge in [0.25, 0.3) is 0 Å². The lowest BCUT2D eigenvalue weighted by Crippen LogP contribution is -2.05. The van der Waals surface area contributed by atoms with Gasteiger partial charge in [-0.3, -0.25) is 0 Å². The zero-order valence-electron chi connectivity index (χ0n) is 15.1. The summed E-state index contributed by atoms with van der Waals surface area (Å²) in [4.78, 5) is 0. The van der Waals surface area contributed by atoms with E-state index in [9.17, 15) is 0 Å². The van der Waals surface area contributed by atoms with Gasteiger partial charge in [-0.25, -0.2) is 0 Å². The molecule has 0 aromatic heterocycles. The smallest absolute Gasteiger partial charge is 0.0108 e. The summed E-state index contributed by atoms with van der Waals surface area (Å²) < 4.78 is 0. The van der Waals surface area contributed by atoms with Crippen LogP contribution in [0, 0.1) is 6.07 Å². The summed E-state index contributed by atoms with van der Waals surface area (Å²) in [5.41, 5.74) is 4.49. The first-order valence-electron chi connectivity index (χ1n) is 9.21. The Kier molecular flexibility index (Phi) is 8.07. The van der Waals surface area contributed by atoms with Crippen molar-refractivity contribution in [2.24, 2.45) is 0 Å². The average molecular weight is 288 g/mol. The lowest BCUT2D eigenvalue weighted by Gasteiger charge is -2.22. The molecule has 0 aliphatic rings. The Morgan fingerprint density at radius 2 is 0.952 bits per heavy atom. The molecule has 0 heterocycles. The fourth-order valence-corrected chi connectivity index (χ4v) is 3.53. The molecule has 0 atom stereocenters. The van der Waals surface area contributed by atoms with Crippen LogP contribution in [-0.2, 0) is 0 Å². The average Bonchev–Trinajstić information content (AvgIpc) is 2.51. The zero-order chi connectivity index (χ0) is 15.8. The second-order valence-corrected chi connectivity index (χ2v) is 6.36. The second-order valence-electron chi connectivity index (χ2n) is 6.36. The SMILES string of the molecule is CCC(CC)c1[c]c(C(CC)CC)cc(C(CC)CC)c1. The molecule has 1 radical (unpaired) electrons. The fourth-order valence-electron chi connectivity index (χ4n) is 3.53. The van der Waals surface area contributed by atoms with E-state index in [1.807, 2.05) is 0 Å². The van der Waals surface area contributed by atoms with Crippen molar-refractivity contribution < 1.29 is 0 Å². The van der Waals surface area contributed by atoms with Crippen molar-refractivity contribution in [3.05, 3.63) is 34.9 Å². The van der Waals surface area contributed by atoms with Crippen LogP contribution in [0.15, 0.2) is 12.1 Å². The van der Waals surface area contributed by atoms with Gasteiger partial charge in [-0.1, -0.05) is 53.7 Å². The molecule has 0 heteroatoms. The maximum absolute atomic E-state index is 3.79. The highest BCUT2D eigenvalue weighted by Crippen LogP contribution is 2.33. The van der Waals surface area contributed by atoms with Crippen molar-refractivity contribution in [3.8, 4) is 0 Å². The largest absolute Gasteiger partial charge is 0.0648 e. The molecule has 0 spiro atoms. The van der Waals surface area contributed by atoms with E-state index in [4.69, 9.17) is 0 Å². The van der Waals surface area contributed by atoms with Gasteiger partial charge in [-0.15, -0.1) is 0 Å². The van der Waals surface area contributed by atoms with Crippen molar-refractivity contribution in [3.63, 3.8) is 0 Å². The van der Waals surface area contributed by atoms with Crippen molar-refractivity contribution in [2.75, 3.05) is 0 Å². The van der Waals surface area contributed by atoms with Crippen LogP contribution in [0.4, 0.5) is 0 Å². The standard InChI is InChI=1S/C21H35/c1-7-16(8-2)19-13-20(17(9-3)10-4)15-21(14-19)18(11-5)12-6/h13-14,16-18H,7-12H2,1-6H3. The molecule has 0 saturated heterocycles. The Balaban J connectivity index is 3.30. The summed E-state index contributed by atoms with van der Waals surface area (Å²) in [5, 5.41) is 0. The summed E-state index contributed by atoms with van der Waals surface area (Å²) in [6.07, 6.45) is 7.38. The Morgan fingerprint density at radius 1 is 0.619 bits per heavy atom. The molecule has 0 fully saturated rings. The van der Waals surface area contributed by atoms with Crippen molar-refractivity contribution >= 4 is 0 Å². The lowest BCUT2D eigenvalue weighted by molar-refractivity contribution is 0.605. The molecule has 0 saturated carbocycles. The Bertz CT molecular complexity index is 318. The van der Waals surface area contributed by atoms with Gasteiger partial charge in [0.2, 0.25) is 0 Å². The van der Waals surface area contributed by atoms with Crippen LogP contribution >= 0.6 is 0 Å². The molecule has 0 amide bonds. The van der Waals surface area contributed by atoms with Crippen LogP contribution in [0.3, 0.4) is 0 Å². The third kappa shape index (κ3) is 4.59.